The SMILES string of the molecule is CCC(CC)NC(CC)c1cccc(Br)c1. The summed E-state index contributed by atoms with van der Waals surface area (Å²) in [6.07, 6.45) is 3.52. The molecule has 0 aliphatic carbocycles. The molecule has 1 N–H and O–H groups in total. The minimum absolute atomic E-state index is 0.474. The van der Waals surface area contributed by atoms with Crippen LogP contribution < -0.4 is 5.32 Å². The summed E-state index contributed by atoms with van der Waals surface area (Å²) in [7, 11) is 0. The van der Waals surface area contributed by atoms with Crippen LogP contribution in [0.15, 0.2) is 28.7 Å². The van der Waals surface area contributed by atoms with Crippen LogP contribution in [0.1, 0.15) is 51.6 Å². The van der Waals surface area contributed by atoms with Crippen molar-refractivity contribution in [1.82, 2.24) is 5.32 Å². The molecule has 1 rings (SSSR count). The van der Waals surface area contributed by atoms with E-state index in [-0.39, 0.29) is 0 Å². The first-order chi connectivity index (χ1) is 7.71. The lowest BCUT2D eigenvalue weighted by atomic mass is 10.0. The molecule has 0 amide bonds. The van der Waals surface area contributed by atoms with Crippen LogP contribution >= 0.6 is 15.9 Å². The van der Waals surface area contributed by atoms with Crippen molar-refractivity contribution in [2.24, 2.45) is 0 Å². The lowest BCUT2D eigenvalue weighted by Gasteiger charge is -2.23. The largest absolute Gasteiger partial charge is 0.307 e. The molecule has 1 nitrogen and oxygen atoms in total. The van der Waals surface area contributed by atoms with Gasteiger partial charge in [0.2, 0.25) is 0 Å². The first-order valence-electron chi connectivity index (χ1n) is 6.22. The van der Waals surface area contributed by atoms with Gasteiger partial charge in [-0.15, -0.1) is 0 Å². The number of nitrogens with one attached hydrogen (secondary N) is 1. The fourth-order valence-electron chi connectivity index (χ4n) is 1.98. The van der Waals surface area contributed by atoms with Gasteiger partial charge in [-0.25, -0.2) is 0 Å². The number of halogens is 1. The van der Waals surface area contributed by atoms with Crippen molar-refractivity contribution >= 4 is 15.9 Å². The summed E-state index contributed by atoms with van der Waals surface area (Å²) in [6.45, 7) is 6.73. The van der Waals surface area contributed by atoms with E-state index in [2.05, 4.69) is 66.3 Å². The first kappa shape index (κ1) is 13.7. The van der Waals surface area contributed by atoms with Crippen molar-refractivity contribution in [3.63, 3.8) is 0 Å². The molecule has 0 heterocycles. The van der Waals surface area contributed by atoms with E-state index in [0.29, 0.717) is 12.1 Å². The molecule has 0 saturated heterocycles. The fourth-order valence-corrected chi connectivity index (χ4v) is 2.40. The van der Waals surface area contributed by atoms with Gasteiger partial charge in [-0.2, -0.15) is 0 Å². The maximum atomic E-state index is 3.73. The van der Waals surface area contributed by atoms with Gasteiger partial charge in [0.1, 0.15) is 0 Å². The molecule has 90 valence electrons. The van der Waals surface area contributed by atoms with Gasteiger partial charge in [0, 0.05) is 16.6 Å². The summed E-state index contributed by atoms with van der Waals surface area (Å²) in [5.41, 5.74) is 1.38. The molecule has 0 radical (unpaired) electrons. The third-order valence-electron chi connectivity index (χ3n) is 3.08. The molecule has 1 atom stereocenters. The number of hydrogen-bond donors (Lipinski definition) is 1. The molecule has 0 aliphatic heterocycles. The third-order valence-corrected chi connectivity index (χ3v) is 3.58. The van der Waals surface area contributed by atoms with Crippen LogP contribution in [0, 0.1) is 0 Å². The Morgan fingerprint density at radius 2 is 1.81 bits per heavy atom. The Morgan fingerprint density at radius 3 is 2.31 bits per heavy atom. The van der Waals surface area contributed by atoms with E-state index in [9.17, 15) is 0 Å². The van der Waals surface area contributed by atoms with Crippen molar-refractivity contribution in [2.75, 3.05) is 0 Å². The van der Waals surface area contributed by atoms with E-state index < -0.39 is 0 Å². The molecule has 2 heteroatoms. The average Bonchev–Trinajstić information content (AvgIpc) is 2.31. The van der Waals surface area contributed by atoms with Crippen LogP contribution in [0.3, 0.4) is 0 Å². The summed E-state index contributed by atoms with van der Waals surface area (Å²) >= 11 is 3.53. The zero-order valence-electron chi connectivity index (χ0n) is 10.5. The molecule has 0 fully saturated rings. The average molecular weight is 284 g/mol. The molecule has 1 aromatic carbocycles. The van der Waals surface area contributed by atoms with Crippen LogP contribution in [-0.4, -0.2) is 6.04 Å². The summed E-state index contributed by atoms with van der Waals surface area (Å²) in [5, 5.41) is 3.73. The lowest BCUT2D eigenvalue weighted by Crippen LogP contribution is -2.31. The van der Waals surface area contributed by atoms with Gasteiger partial charge in [0.15, 0.2) is 0 Å². The van der Waals surface area contributed by atoms with Crippen LogP contribution in [-0.2, 0) is 0 Å². The Balaban J connectivity index is 2.74. The minimum atomic E-state index is 0.474. The van der Waals surface area contributed by atoms with Gasteiger partial charge < -0.3 is 5.32 Å². The quantitative estimate of drug-likeness (QED) is 0.800. The van der Waals surface area contributed by atoms with Gasteiger partial charge in [-0.05, 0) is 37.0 Å². The Morgan fingerprint density at radius 1 is 1.12 bits per heavy atom. The maximum Gasteiger partial charge on any atom is 0.0320 e. The topological polar surface area (TPSA) is 12.0 Å². The highest BCUT2D eigenvalue weighted by Crippen LogP contribution is 2.21. The Kier molecular flexibility index (Phi) is 6.07. The van der Waals surface area contributed by atoms with Gasteiger partial charge in [-0.3, -0.25) is 0 Å². The zero-order valence-corrected chi connectivity index (χ0v) is 12.0. The highest BCUT2D eigenvalue weighted by atomic mass is 79.9. The highest BCUT2D eigenvalue weighted by molar-refractivity contribution is 9.10. The van der Waals surface area contributed by atoms with Crippen LogP contribution in [0.25, 0.3) is 0 Å². The number of rotatable bonds is 6. The normalized spacial score (nSPS) is 13.1. The van der Waals surface area contributed by atoms with Crippen molar-refractivity contribution in [2.45, 2.75) is 52.1 Å². The van der Waals surface area contributed by atoms with E-state index in [4.69, 9.17) is 0 Å². The molecule has 0 bridgehead atoms. The fraction of sp³-hybridized carbons (Fsp3) is 0.571. The predicted octanol–water partition coefficient (Wildman–Crippen LogP) is 4.68. The minimum Gasteiger partial charge on any atom is -0.307 e. The van der Waals surface area contributed by atoms with Crippen LogP contribution in [0.4, 0.5) is 0 Å². The molecule has 1 unspecified atom stereocenters. The molecular formula is C14H22BrN. The molecule has 0 spiro atoms. The second kappa shape index (κ2) is 7.08. The van der Waals surface area contributed by atoms with E-state index in [1.54, 1.807) is 0 Å². The number of benzene rings is 1. The van der Waals surface area contributed by atoms with Crippen LogP contribution in [0.2, 0.25) is 0 Å². The van der Waals surface area contributed by atoms with Crippen molar-refractivity contribution < 1.29 is 0 Å². The van der Waals surface area contributed by atoms with E-state index in [1.807, 2.05) is 0 Å². The van der Waals surface area contributed by atoms with Crippen LogP contribution in [0.5, 0.6) is 0 Å². The Labute approximate surface area is 108 Å². The number of hydrogen-bond acceptors (Lipinski definition) is 1. The molecule has 0 aliphatic rings. The van der Waals surface area contributed by atoms with E-state index in [0.717, 1.165) is 10.9 Å². The van der Waals surface area contributed by atoms with Gasteiger partial charge in [0.05, 0.1) is 0 Å². The highest BCUT2D eigenvalue weighted by Gasteiger charge is 2.12. The Hall–Kier alpha value is -0.340. The van der Waals surface area contributed by atoms with Gasteiger partial charge >= 0.3 is 0 Å². The summed E-state index contributed by atoms with van der Waals surface area (Å²) in [4.78, 5) is 0. The maximum absolute atomic E-state index is 3.73. The second-order valence-electron chi connectivity index (χ2n) is 4.20. The standard InChI is InChI=1S/C14H22BrN/c1-4-13(5-2)16-14(6-3)11-8-7-9-12(15)10-11/h7-10,13-14,16H,4-6H2,1-3H3. The third kappa shape index (κ3) is 3.91. The molecule has 0 aromatic heterocycles. The second-order valence-corrected chi connectivity index (χ2v) is 5.11. The molecule has 0 saturated carbocycles. The summed E-state index contributed by atoms with van der Waals surface area (Å²) in [5.74, 6) is 0. The van der Waals surface area contributed by atoms with Crippen molar-refractivity contribution in [3.8, 4) is 0 Å². The van der Waals surface area contributed by atoms with E-state index >= 15 is 0 Å². The predicted molar refractivity (Wildman–Crippen MR) is 74.7 cm³/mol. The van der Waals surface area contributed by atoms with Crippen molar-refractivity contribution in [3.05, 3.63) is 34.3 Å². The first-order valence-corrected chi connectivity index (χ1v) is 7.02. The van der Waals surface area contributed by atoms with Gasteiger partial charge in [0.25, 0.3) is 0 Å². The molecule has 1 aromatic rings. The molecular weight excluding hydrogens is 262 g/mol. The van der Waals surface area contributed by atoms with Gasteiger partial charge in [-0.1, -0.05) is 48.8 Å². The summed E-state index contributed by atoms with van der Waals surface area (Å²) in [6, 6.07) is 9.70. The smallest absolute Gasteiger partial charge is 0.0320 e. The Bertz CT molecular complexity index is 307. The molecule has 16 heavy (non-hydrogen) atoms. The van der Waals surface area contributed by atoms with Crippen molar-refractivity contribution in [1.29, 1.82) is 0 Å². The van der Waals surface area contributed by atoms with E-state index in [1.165, 1.54) is 18.4 Å². The zero-order chi connectivity index (χ0) is 12.0. The lowest BCUT2D eigenvalue weighted by molar-refractivity contribution is 0.407. The summed E-state index contributed by atoms with van der Waals surface area (Å²) < 4.78 is 1.16. The monoisotopic (exact) mass is 283 g/mol.